The Hall–Kier alpha value is -3.62. The molecular formula is C18H21N7O2. The number of anilines is 3. The van der Waals surface area contributed by atoms with Crippen molar-refractivity contribution in [1.82, 2.24) is 14.5 Å². The molecule has 2 heterocycles. The molecule has 0 spiro atoms. The fourth-order valence-electron chi connectivity index (χ4n) is 3.41. The van der Waals surface area contributed by atoms with Gasteiger partial charge in [-0.25, -0.2) is 9.97 Å². The molecule has 3 aromatic rings. The largest absolute Gasteiger partial charge is 0.386 e. The molecule has 2 amide bonds. The number of fused-ring (bicyclic) bond motifs is 1. The van der Waals surface area contributed by atoms with E-state index in [4.69, 9.17) is 11.5 Å². The van der Waals surface area contributed by atoms with E-state index in [-0.39, 0.29) is 11.4 Å². The molecule has 9 nitrogen and oxygen atoms in total. The number of hydrogen-bond donors (Lipinski definition) is 4. The first-order valence-electron chi connectivity index (χ1n) is 8.27. The zero-order valence-electron chi connectivity index (χ0n) is 15.5. The molecule has 0 fully saturated rings. The van der Waals surface area contributed by atoms with Crippen molar-refractivity contribution in [2.45, 2.75) is 20.8 Å². The van der Waals surface area contributed by atoms with Crippen molar-refractivity contribution in [3.63, 3.8) is 0 Å². The van der Waals surface area contributed by atoms with Gasteiger partial charge in [-0.1, -0.05) is 0 Å². The van der Waals surface area contributed by atoms with Crippen LogP contribution in [0.3, 0.4) is 0 Å². The molecule has 0 radical (unpaired) electrons. The van der Waals surface area contributed by atoms with Crippen molar-refractivity contribution in [3.8, 4) is 5.69 Å². The van der Waals surface area contributed by atoms with Gasteiger partial charge in [0, 0.05) is 13.2 Å². The Morgan fingerprint density at radius 2 is 2.00 bits per heavy atom. The monoisotopic (exact) mass is 367 g/mol. The Balaban J connectivity index is 2.48. The van der Waals surface area contributed by atoms with Crippen LogP contribution in [-0.2, 0) is 4.79 Å². The van der Waals surface area contributed by atoms with Crippen LogP contribution in [0.5, 0.6) is 0 Å². The van der Waals surface area contributed by atoms with Crippen molar-refractivity contribution < 1.29 is 9.59 Å². The summed E-state index contributed by atoms with van der Waals surface area (Å²) < 4.78 is 1.68. The second kappa shape index (κ2) is 6.60. The van der Waals surface area contributed by atoms with Gasteiger partial charge >= 0.3 is 0 Å². The topological polar surface area (TPSA) is 141 Å². The van der Waals surface area contributed by atoms with Crippen molar-refractivity contribution in [3.05, 3.63) is 34.8 Å². The van der Waals surface area contributed by atoms with Crippen LogP contribution in [0, 0.1) is 20.8 Å². The third-order valence-electron chi connectivity index (χ3n) is 4.54. The lowest BCUT2D eigenvalue weighted by atomic mass is 10.0. The minimum atomic E-state index is -0.655. The number of aryl methyl sites for hydroxylation is 2. The van der Waals surface area contributed by atoms with E-state index >= 15 is 0 Å². The third kappa shape index (κ3) is 2.73. The predicted molar refractivity (Wildman–Crippen MR) is 105 cm³/mol. The number of hydrogen-bond acceptors (Lipinski definition) is 6. The zero-order chi connectivity index (χ0) is 19.9. The third-order valence-corrected chi connectivity index (χ3v) is 4.54. The Bertz CT molecular complexity index is 1090. The van der Waals surface area contributed by atoms with E-state index in [1.807, 2.05) is 19.9 Å². The lowest BCUT2D eigenvalue weighted by Gasteiger charge is -2.20. The Kier molecular flexibility index (Phi) is 4.44. The standard InChI is InChI=1S/C18H21N7O2/c1-8-5-12(21-4)14(23-7-26)9(2)15(8)25-16(19)13(17(20)27)11-6-22-10(3)24-18(11)25/h5-7,21H,19H2,1-4H3,(H2,20,27)(H,23,26). The Morgan fingerprint density at radius 3 is 2.59 bits per heavy atom. The van der Waals surface area contributed by atoms with Crippen LogP contribution in [0.1, 0.15) is 27.3 Å². The van der Waals surface area contributed by atoms with E-state index in [0.29, 0.717) is 34.6 Å². The molecule has 27 heavy (non-hydrogen) atoms. The summed E-state index contributed by atoms with van der Waals surface area (Å²) in [6.45, 7) is 5.52. The lowest BCUT2D eigenvalue weighted by molar-refractivity contribution is -0.105. The van der Waals surface area contributed by atoms with Crippen molar-refractivity contribution >= 4 is 40.5 Å². The van der Waals surface area contributed by atoms with Gasteiger partial charge in [-0.05, 0) is 38.0 Å². The number of primary amides is 1. The molecule has 0 aliphatic carbocycles. The summed E-state index contributed by atoms with van der Waals surface area (Å²) >= 11 is 0. The van der Waals surface area contributed by atoms with Crippen molar-refractivity contribution in [2.24, 2.45) is 5.73 Å². The summed E-state index contributed by atoms with van der Waals surface area (Å²) in [7, 11) is 1.77. The second-order valence-corrected chi connectivity index (χ2v) is 6.22. The number of amides is 2. The van der Waals surface area contributed by atoms with E-state index in [1.54, 1.807) is 24.7 Å². The fraction of sp³-hybridized carbons (Fsp3) is 0.222. The van der Waals surface area contributed by atoms with E-state index in [9.17, 15) is 9.59 Å². The molecule has 0 aliphatic heterocycles. The smallest absolute Gasteiger partial charge is 0.253 e. The molecule has 0 unspecified atom stereocenters. The van der Waals surface area contributed by atoms with Crippen molar-refractivity contribution in [2.75, 3.05) is 23.4 Å². The molecule has 0 bridgehead atoms. The number of nitrogens with one attached hydrogen (secondary N) is 2. The van der Waals surface area contributed by atoms with Crippen molar-refractivity contribution in [1.29, 1.82) is 0 Å². The minimum absolute atomic E-state index is 0.173. The van der Waals surface area contributed by atoms with Gasteiger partial charge < -0.3 is 22.1 Å². The van der Waals surface area contributed by atoms with Crippen LogP contribution in [-0.4, -0.2) is 33.9 Å². The fourth-order valence-corrected chi connectivity index (χ4v) is 3.41. The number of nitrogens with two attached hydrogens (primary N) is 2. The molecule has 9 heteroatoms. The number of rotatable bonds is 5. The first kappa shape index (κ1) is 18.2. The predicted octanol–water partition coefficient (Wildman–Crippen LogP) is 1.64. The quantitative estimate of drug-likeness (QED) is 0.505. The first-order valence-corrected chi connectivity index (χ1v) is 8.27. The summed E-state index contributed by atoms with van der Waals surface area (Å²) in [6.07, 6.45) is 2.16. The van der Waals surface area contributed by atoms with Gasteiger partial charge in [-0.2, -0.15) is 0 Å². The van der Waals surface area contributed by atoms with Crippen LogP contribution in [0.25, 0.3) is 16.7 Å². The number of nitrogens with zero attached hydrogens (tertiary/aromatic N) is 3. The highest BCUT2D eigenvalue weighted by Crippen LogP contribution is 2.38. The summed E-state index contributed by atoms with van der Waals surface area (Å²) in [6, 6.07) is 1.89. The van der Waals surface area contributed by atoms with E-state index in [0.717, 1.165) is 16.8 Å². The maximum absolute atomic E-state index is 12.0. The number of carbonyl (C=O) groups is 2. The van der Waals surface area contributed by atoms with Gasteiger partial charge in [-0.3, -0.25) is 14.2 Å². The van der Waals surface area contributed by atoms with Crippen LogP contribution in [0.2, 0.25) is 0 Å². The van der Waals surface area contributed by atoms with Crippen LogP contribution < -0.4 is 22.1 Å². The lowest BCUT2D eigenvalue weighted by Crippen LogP contribution is -2.14. The van der Waals surface area contributed by atoms with Gasteiger partial charge in [0.15, 0.2) is 5.65 Å². The summed E-state index contributed by atoms with van der Waals surface area (Å²) in [4.78, 5) is 31.7. The molecule has 3 rings (SSSR count). The minimum Gasteiger partial charge on any atom is -0.386 e. The average Bonchev–Trinajstić information content (AvgIpc) is 2.89. The maximum atomic E-state index is 12.0. The number of benzene rings is 1. The van der Waals surface area contributed by atoms with Gasteiger partial charge in [-0.15, -0.1) is 0 Å². The Labute approximate surface area is 155 Å². The highest BCUT2D eigenvalue weighted by atomic mass is 16.1. The van der Waals surface area contributed by atoms with Crippen LogP contribution in [0.15, 0.2) is 12.3 Å². The van der Waals surface area contributed by atoms with Gasteiger partial charge in [0.1, 0.15) is 11.6 Å². The molecule has 0 saturated heterocycles. The van der Waals surface area contributed by atoms with Crippen LogP contribution in [0.4, 0.5) is 17.2 Å². The summed E-state index contributed by atoms with van der Waals surface area (Å²) in [5.74, 6) is 0.0561. The summed E-state index contributed by atoms with van der Waals surface area (Å²) in [5.41, 5.74) is 16.3. The molecule has 0 atom stereocenters. The normalized spacial score (nSPS) is 10.8. The first-order chi connectivity index (χ1) is 12.8. The van der Waals surface area contributed by atoms with Gasteiger partial charge in [0.2, 0.25) is 6.41 Å². The average molecular weight is 367 g/mol. The molecular weight excluding hydrogens is 346 g/mol. The molecule has 6 N–H and O–H groups in total. The Morgan fingerprint density at radius 1 is 1.30 bits per heavy atom. The molecule has 2 aromatic heterocycles. The van der Waals surface area contributed by atoms with E-state index in [1.165, 1.54) is 0 Å². The number of carbonyl (C=O) groups excluding carboxylic acids is 2. The van der Waals surface area contributed by atoms with E-state index in [2.05, 4.69) is 20.6 Å². The molecule has 140 valence electrons. The number of nitrogen functional groups attached to an aromatic ring is 1. The zero-order valence-corrected chi connectivity index (χ0v) is 15.5. The van der Waals surface area contributed by atoms with Crippen LogP contribution >= 0.6 is 0 Å². The molecule has 0 saturated carbocycles. The molecule has 1 aromatic carbocycles. The molecule has 0 aliphatic rings. The number of aromatic nitrogens is 3. The second-order valence-electron chi connectivity index (χ2n) is 6.22. The van der Waals surface area contributed by atoms with Gasteiger partial charge in [0.05, 0.1) is 28.0 Å². The highest BCUT2D eigenvalue weighted by molar-refractivity contribution is 6.11. The van der Waals surface area contributed by atoms with Gasteiger partial charge in [0.25, 0.3) is 5.91 Å². The highest BCUT2D eigenvalue weighted by Gasteiger charge is 2.24. The van der Waals surface area contributed by atoms with E-state index < -0.39 is 5.91 Å². The maximum Gasteiger partial charge on any atom is 0.253 e. The summed E-state index contributed by atoms with van der Waals surface area (Å²) in [5, 5.41) is 6.26. The SMILES string of the molecule is CNc1cc(C)c(-n2c(N)c(C(N)=O)c3cnc(C)nc32)c(C)c1NC=O.